The quantitative estimate of drug-likeness (QED) is 0.610. The molecule has 0 radical (unpaired) electrons. The van der Waals surface area contributed by atoms with E-state index in [2.05, 4.69) is 5.32 Å². The van der Waals surface area contributed by atoms with Gasteiger partial charge in [0.2, 0.25) is 0 Å². The van der Waals surface area contributed by atoms with Crippen LogP contribution in [0.15, 0.2) is 78.5 Å². The van der Waals surface area contributed by atoms with Gasteiger partial charge in [0.15, 0.2) is 0 Å². The Balaban J connectivity index is 2.23. The van der Waals surface area contributed by atoms with Crippen LogP contribution >= 0.6 is 0 Å². The first-order valence-corrected chi connectivity index (χ1v) is 8.74. The largest absolute Gasteiger partial charge is 0.338 e. The minimum Gasteiger partial charge on any atom is -0.338 e. The van der Waals surface area contributed by atoms with Gasteiger partial charge in [-0.1, -0.05) is 60.7 Å². The molecule has 0 bridgehead atoms. The van der Waals surface area contributed by atoms with Gasteiger partial charge in [-0.05, 0) is 37.6 Å². The van der Waals surface area contributed by atoms with Crippen molar-refractivity contribution >= 4 is 17.9 Å². The molecule has 4 nitrogen and oxygen atoms in total. The Morgan fingerprint density at radius 2 is 1.50 bits per heavy atom. The predicted molar refractivity (Wildman–Crippen MR) is 105 cm³/mol. The summed E-state index contributed by atoms with van der Waals surface area (Å²) in [6.45, 7) is 4.99. The first-order chi connectivity index (χ1) is 12.7. The molecule has 1 N–H and O–H groups in total. The lowest BCUT2D eigenvalue weighted by Crippen LogP contribution is -2.38. The first kappa shape index (κ1) is 19.2. The number of nitrogens with one attached hydrogen (secondary N) is 1. The van der Waals surface area contributed by atoms with Crippen molar-refractivity contribution in [1.82, 2.24) is 10.2 Å². The molecular formula is C22H24N2O2. The second-order valence-corrected chi connectivity index (χ2v) is 5.65. The molecule has 0 aromatic heterocycles. The van der Waals surface area contributed by atoms with E-state index in [-0.39, 0.29) is 17.5 Å². The Morgan fingerprint density at radius 1 is 0.923 bits per heavy atom. The van der Waals surface area contributed by atoms with Gasteiger partial charge in [-0.3, -0.25) is 9.59 Å². The molecule has 2 amide bonds. The highest BCUT2D eigenvalue weighted by Crippen LogP contribution is 2.06. The molecule has 0 heterocycles. The van der Waals surface area contributed by atoms with E-state index in [9.17, 15) is 9.59 Å². The fourth-order valence-electron chi connectivity index (χ4n) is 2.45. The summed E-state index contributed by atoms with van der Waals surface area (Å²) in [5.74, 6) is -0.498. The summed E-state index contributed by atoms with van der Waals surface area (Å²) < 4.78 is 0. The van der Waals surface area contributed by atoms with Gasteiger partial charge in [0.25, 0.3) is 11.8 Å². The number of hydrogen-bond acceptors (Lipinski definition) is 2. The van der Waals surface area contributed by atoms with Gasteiger partial charge in [-0.2, -0.15) is 0 Å². The minimum absolute atomic E-state index is 0.197. The molecule has 0 saturated heterocycles. The summed E-state index contributed by atoms with van der Waals surface area (Å²) in [6, 6.07) is 18.6. The Morgan fingerprint density at radius 3 is 2.08 bits per heavy atom. The van der Waals surface area contributed by atoms with Gasteiger partial charge in [-0.15, -0.1) is 0 Å². The van der Waals surface area contributed by atoms with Crippen LogP contribution in [0, 0.1) is 0 Å². The maximum atomic E-state index is 12.7. The van der Waals surface area contributed by atoms with E-state index in [1.165, 1.54) is 0 Å². The zero-order valence-corrected chi connectivity index (χ0v) is 15.2. The summed E-state index contributed by atoms with van der Waals surface area (Å²) in [4.78, 5) is 26.8. The van der Waals surface area contributed by atoms with Gasteiger partial charge in [0, 0.05) is 18.7 Å². The molecule has 0 fully saturated rings. The molecule has 2 aromatic rings. The fourth-order valence-corrected chi connectivity index (χ4v) is 2.45. The van der Waals surface area contributed by atoms with Crippen LogP contribution in [0.4, 0.5) is 0 Å². The summed E-state index contributed by atoms with van der Waals surface area (Å²) in [5, 5.41) is 2.75. The van der Waals surface area contributed by atoms with Gasteiger partial charge in [0.1, 0.15) is 5.70 Å². The van der Waals surface area contributed by atoms with Crippen LogP contribution in [0.25, 0.3) is 6.08 Å². The van der Waals surface area contributed by atoms with Gasteiger partial charge < -0.3 is 10.2 Å². The molecule has 2 aromatic carbocycles. The molecule has 0 atom stereocenters. The van der Waals surface area contributed by atoms with E-state index in [0.717, 1.165) is 5.56 Å². The maximum Gasteiger partial charge on any atom is 0.270 e. The summed E-state index contributed by atoms with van der Waals surface area (Å²) >= 11 is 0. The first-order valence-electron chi connectivity index (χ1n) is 8.74. The van der Waals surface area contributed by atoms with Gasteiger partial charge in [0.05, 0.1) is 0 Å². The fraction of sp³-hybridized carbons (Fsp3) is 0.182. The molecule has 2 rings (SSSR count). The van der Waals surface area contributed by atoms with E-state index in [1.807, 2.05) is 56.3 Å². The number of carbonyl (C=O) groups is 2. The van der Waals surface area contributed by atoms with Crippen molar-refractivity contribution in [2.24, 2.45) is 0 Å². The monoisotopic (exact) mass is 348 g/mol. The van der Waals surface area contributed by atoms with Gasteiger partial charge in [-0.25, -0.2) is 0 Å². The molecule has 0 aliphatic rings. The van der Waals surface area contributed by atoms with Crippen LogP contribution in [0.5, 0.6) is 0 Å². The van der Waals surface area contributed by atoms with Crippen LogP contribution in [0.3, 0.4) is 0 Å². The lowest BCUT2D eigenvalue weighted by atomic mass is 10.2. The topological polar surface area (TPSA) is 49.4 Å². The molecule has 0 aliphatic heterocycles. The Kier molecular flexibility index (Phi) is 7.37. The number of nitrogens with zero attached hydrogens (tertiary/aromatic N) is 1. The average molecular weight is 348 g/mol. The van der Waals surface area contributed by atoms with E-state index in [4.69, 9.17) is 0 Å². The summed E-state index contributed by atoms with van der Waals surface area (Å²) in [5.41, 5.74) is 1.79. The van der Waals surface area contributed by atoms with Crippen LogP contribution in [-0.2, 0) is 4.79 Å². The highest BCUT2D eigenvalue weighted by atomic mass is 16.2. The highest BCUT2D eigenvalue weighted by Gasteiger charge is 2.17. The van der Waals surface area contributed by atoms with Crippen molar-refractivity contribution in [3.63, 3.8) is 0 Å². The molecular weight excluding hydrogens is 324 g/mol. The smallest absolute Gasteiger partial charge is 0.270 e. The van der Waals surface area contributed by atoms with Crippen molar-refractivity contribution in [2.75, 3.05) is 13.1 Å². The van der Waals surface area contributed by atoms with Crippen molar-refractivity contribution in [1.29, 1.82) is 0 Å². The molecule has 134 valence electrons. The van der Waals surface area contributed by atoms with Crippen molar-refractivity contribution in [2.45, 2.75) is 13.8 Å². The number of allylic oxidation sites excluding steroid dienone is 2. The van der Waals surface area contributed by atoms with E-state index in [1.54, 1.807) is 41.3 Å². The Bertz CT molecular complexity index is 776. The minimum atomic E-state index is -0.300. The third-order valence-corrected chi connectivity index (χ3v) is 3.92. The number of rotatable bonds is 7. The molecule has 0 aliphatic carbocycles. The number of carbonyl (C=O) groups excluding carboxylic acids is 2. The SMILES string of the molecule is CCN(CC)C(=O)/C(=C/C=C/c1ccccc1)NC(=O)c1ccccc1. The van der Waals surface area contributed by atoms with Crippen LogP contribution < -0.4 is 5.32 Å². The summed E-state index contributed by atoms with van der Waals surface area (Å²) in [7, 11) is 0. The molecule has 26 heavy (non-hydrogen) atoms. The Labute approximate surface area is 154 Å². The molecule has 4 heteroatoms. The molecule has 0 unspecified atom stereocenters. The number of amides is 2. The predicted octanol–water partition coefficient (Wildman–Crippen LogP) is 3.88. The number of hydrogen-bond donors (Lipinski definition) is 1. The van der Waals surface area contributed by atoms with Crippen molar-refractivity contribution in [3.8, 4) is 0 Å². The normalized spacial score (nSPS) is 11.4. The number of benzene rings is 2. The second-order valence-electron chi connectivity index (χ2n) is 5.65. The third-order valence-electron chi connectivity index (χ3n) is 3.92. The van der Waals surface area contributed by atoms with Crippen LogP contribution in [0.1, 0.15) is 29.8 Å². The lowest BCUT2D eigenvalue weighted by molar-refractivity contribution is -0.127. The zero-order valence-electron chi connectivity index (χ0n) is 15.2. The summed E-state index contributed by atoms with van der Waals surface area (Å²) in [6.07, 6.45) is 5.32. The molecule has 0 spiro atoms. The number of likely N-dealkylation sites (N-methyl/N-ethyl adjacent to an activating group) is 1. The van der Waals surface area contributed by atoms with Crippen LogP contribution in [0.2, 0.25) is 0 Å². The standard InChI is InChI=1S/C22H24N2O2/c1-3-24(4-2)22(26)20(17-11-14-18-12-7-5-8-13-18)23-21(25)19-15-9-6-10-16-19/h5-17H,3-4H2,1-2H3,(H,23,25)/b14-11+,20-17-. The van der Waals surface area contributed by atoms with E-state index < -0.39 is 0 Å². The van der Waals surface area contributed by atoms with Crippen molar-refractivity contribution < 1.29 is 9.59 Å². The lowest BCUT2D eigenvalue weighted by Gasteiger charge is -2.20. The van der Waals surface area contributed by atoms with E-state index >= 15 is 0 Å². The highest BCUT2D eigenvalue weighted by molar-refractivity contribution is 6.03. The molecule has 0 saturated carbocycles. The second kappa shape index (κ2) is 9.99. The zero-order chi connectivity index (χ0) is 18.8. The Hall–Kier alpha value is -3.14. The van der Waals surface area contributed by atoms with Crippen LogP contribution in [-0.4, -0.2) is 29.8 Å². The van der Waals surface area contributed by atoms with Crippen molar-refractivity contribution in [3.05, 3.63) is 89.6 Å². The maximum absolute atomic E-state index is 12.7. The van der Waals surface area contributed by atoms with E-state index in [0.29, 0.717) is 18.7 Å². The van der Waals surface area contributed by atoms with Gasteiger partial charge >= 0.3 is 0 Å². The average Bonchev–Trinajstić information content (AvgIpc) is 2.69. The third kappa shape index (κ3) is 5.45.